The van der Waals surface area contributed by atoms with Crippen LogP contribution in [0.3, 0.4) is 0 Å². The molecule has 2 aliphatic rings. The Labute approximate surface area is 208 Å². The largest absolute Gasteiger partial charge is 0.376 e. The molecule has 36 heavy (non-hydrogen) atoms. The summed E-state index contributed by atoms with van der Waals surface area (Å²) in [6.07, 6.45) is 4.45. The summed E-state index contributed by atoms with van der Waals surface area (Å²) in [5.41, 5.74) is 3.47. The van der Waals surface area contributed by atoms with Crippen LogP contribution in [0.5, 0.6) is 0 Å². The lowest BCUT2D eigenvalue weighted by molar-refractivity contribution is 0.0950. The highest BCUT2D eigenvalue weighted by Crippen LogP contribution is 2.32. The molecule has 9 nitrogen and oxygen atoms in total. The summed E-state index contributed by atoms with van der Waals surface area (Å²) in [5.74, 6) is 1.28. The number of sulfone groups is 1. The zero-order valence-corrected chi connectivity index (χ0v) is 20.2. The van der Waals surface area contributed by atoms with Gasteiger partial charge >= 0.3 is 0 Å². The molecule has 4 aromatic rings. The molecule has 3 aromatic heterocycles. The van der Waals surface area contributed by atoms with E-state index in [1.54, 1.807) is 24.5 Å². The maximum atomic E-state index is 12.8. The van der Waals surface area contributed by atoms with Crippen LogP contribution in [-0.4, -0.2) is 48.2 Å². The summed E-state index contributed by atoms with van der Waals surface area (Å²) in [6, 6.07) is 14.5. The number of hydrogen-bond acceptors (Lipinski definition) is 8. The number of ether oxygens (including phenoxy) is 1. The van der Waals surface area contributed by atoms with Crippen molar-refractivity contribution in [2.45, 2.75) is 24.5 Å². The Morgan fingerprint density at radius 2 is 2.00 bits per heavy atom. The molecule has 182 valence electrons. The molecule has 1 N–H and O–H groups in total. The molecule has 0 spiro atoms. The van der Waals surface area contributed by atoms with Crippen LogP contribution in [0.1, 0.15) is 27.2 Å². The molecule has 0 atom stereocenters. The van der Waals surface area contributed by atoms with E-state index in [4.69, 9.17) is 9.72 Å². The number of pyridine rings is 3. The van der Waals surface area contributed by atoms with Gasteiger partial charge in [-0.15, -0.1) is 0 Å². The number of aromatic nitrogens is 3. The summed E-state index contributed by atoms with van der Waals surface area (Å²) in [4.78, 5) is 28.9. The van der Waals surface area contributed by atoms with E-state index in [1.807, 2.05) is 24.3 Å². The standard InChI is InChI=1S/C26H23N5O4S/c32-26(18-3-4-20-16-35-10-11-36(33,34)23(20)12-18)29-15-21-13-22-19(14-28-21)5-6-24(30-22)31-9-7-17-2-1-8-27-25(17)31/h1-6,8,12-14H,7,9-11,15-16H2,(H,29,32). The molecule has 1 aromatic carbocycles. The first-order chi connectivity index (χ1) is 17.5. The molecule has 1 amide bonds. The Bertz CT molecular complexity index is 1610. The summed E-state index contributed by atoms with van der Waals surface area (Å²) in [5, 5.41) is 3.73. The van der Waals surface area contributed by atoms with E-state index in [0.717, 1.165) is 35.5 Å². The van der Waals surface area contributed by atoms with Gasteiger partial charge in [0, 0.05) is 29.9 Å². The van der Waals surface area contributed by atoms with Gasteiger partial charge in [-0.1, -0.05) is 12.1 Å². The summed E-state index contributed by atoms with van der Waals surface area (Å²) >= 11 is 0. The highest BCUT2D eigenvalue weighted by atomic mass is 32.2. The lowest BCUT2D eigenvalue weighted by atomic mass is 10.1. The number of hydrogen-bond donors (Lipinski definition) is 1. The number of fused-ring (bicyclic) bond motifs is 3. The molecule has 0 fully saturated rings. The number of anilines is 2. The molecule has 0 bridgehead atoms. The van der Waals surface area contributed by atoms with Gasteiger partial charge in [0.25, 0.3) is 5.91 Å². The van der Waals surface area contributed by atoms with Gasteiger partial charge < -0.3 is 15.0 Å². The predicted molar refractivity (Wildman–Crippen MR) is 134 cm³/mol. The molecule has 0 unspecified atom stereocenters. The van der Waals surface area contributed by atoms with Gasteiger partial charge in [-0.3, -0.25) is 9.78 Å². The maximum absolute atomic E-state index is 12.8. The van der Waals surface area contributed by atoms with E-state index in [-0.39, 0.29) is 41.9 Å². The van der Waals surface area contributed by atoms with Gasteiger partial charge in [-0.25, -0.2) is 18.4 Å². The van der Waals surface area contributed by atoms with Crippen molar-refractivity contribution in [1.29, 1.82) is 0 Å². The first kappa shape index (κ1) is 22.6. The lowest BCUT2D eigenvalue weighted by Crippen LogP contribution is -2.24. The fourth-order valence-corrected chi connectivity index (χ4v) is 5.95. The Morgan fingerprint density at radius 3 is 2.92 bits per heavy atom. The smallest absolute Gasteiger partial charge is 0.251 e. The first-order valence-electron chi connectivity index (χ1n) is 11.7. The third-order valence-electron chi connectivity index (χ3n) is 6.47. The topological polar surface area (TPSA) is 114 Å². The average Bonchev–Trinajstić information content (AvgIpc) is 3.27. The van der Waals surface area contributed by atoms with E-state index >= 15 is 0 Å². The van der Waals surface area contributed by atoms with Gasteiger partial charge in [0.1, 0.15) is 11.6 Å². The third kappa shape index (κ3) is 4.18. The van der Waals surface area contributed by atoms with Crippen molar-refractivity contribution in [2.24, 2.45) is 0 Å². The van der Waals surface area contributed by atoms with E-state index < -0.39 is 9.84 Å². The minimum Gasteiger partial charge on any atom is -0.376 e. The highest BCUT2D eigenvalue weighted by molar-refractivity contribution is 7.91. The molecular formula is C26H23N5O4S. The Kier molecular flexibility index (Phi) is 5.62. The van der Waals surface area contributed by atoms with Crippen LogP contribution in [-0.2, 0) is 34.1 Å². The minimum absolute atomic E-state index is 0.0971. The molecule has 5 heterocycles. The fraction of sp³-hybridized carbons (Fsp3) is 0.231. The predicted octanol–water partition coefficient (Wildman–Crippen LogP) is 2.95. The van der Waals surface area contributed by atoms with Crippen LogP contribution in [0.2, 0.25) is 0 Å². The second-order valence-electron chi connectivity index (χ2n) is 8.80. The number of nitrogens with one attached hydrogen (secondary N) is 1. The van der Waals surface area contributed by atoms with Crippen molar-refractivity contribution in [3.63, 3.8) is 0 Å². The van der Waals surface area contributed by atoms with Crippen LogP contribution in [0.25, 0.3) is 10.9 Å². The Balaban J connectivity index is 1.21. The molecule has 0 saturated heterocycles. The van der Waals surface area contributed by atoms with E-state index in [2.05, 4.69) is 26.3 Å². The minimum atomic E-state index is -3.49. The van der Waals surface area contributed by atoms with Crippen molar-refractivity contribution >= 4 is 38.3 Å². The summed E-state index contributed by atoms with van der Waals surface area (Å²) in [6.45, 7) is 1.36. The number of nitrogens with zero attached hydrogens (tertiary/aromatic N) is 4. The van der Waals surface area contributed by atoms with Gasteiger partial charge in [-0.05, 0) is 53.9 Å². The van der Waals surface area contributed by atoms with E-state index in [1.165, 1.54) is 11.6 Å². The van der Waals surface area contributed by atoms with Gasteiger partial charge in [-0.2, -0.15) is 0 Å². The highest BCUT2D eigenvalue weighted by Gasteiger charge is 2.24. The summed E-state index contributed by atoms with van der Waals surface area (Å²) < 4.78 is 30.4. The molecule has 0 aliphatic carbocycles. The lowest BCUT2D eigenvalue weighted by Gasteiger charge is -2.17. The van der Waals surface area contributed by atoms with E-state index in [9.17, 15) is 13.2 Å². The van der Waals surface area contributed by atoms with Crippen LogP contribution in [0, 0.1) is 0 Å². The quantitative estimate of drug-likeness (QED) is 0.454. The number of amides is 1. The van der Waals surface area contributed by atoms with Crippen LogP contribution < -0.4 is 10.2 Å². The van der Waals surface area contributed by atoms with Crippen molar-refractivity contribution in [3.8, 4) is 0 Å². The molecule has 10 heteroatoms. The second kappa shape index (κ2) is 8.96. The van der Waals surface area contributed by atoms with Crippen LogP contribution >= 0.6 is 0 Å². The van der Waals surface area contributed by atoms with Crippen molar-refractivity contribution in [1.82, 2.24) is 20.3 Å². The molecule has 2 aliphatic heterocycles. The normalized spacial score (nSPS) is 16.3. The van der Waals surface area contributed by atoms with Crippen LogP contribution in [0.15, 0.2) is 65.8 Å². The summed E-state index contributed by atoms with van der Waals surface area (Å²) in [7, 11) is -3.49. The number of benzene rings is 1. The zero-order chi connectivity index (χ0) is 24.7. The number of carbonyl (C=O) groups excluding carboxylic acids is 1. The fourth-order valence-electron chi connectivity index (χ4n) is 4.56. The van der Waals surface area contributed by atoms with Crippen molar-refractivity contribution < 1.29 is 17.9 Å². The number of carbonyl (C=O) groups is 1. The monoisotopic (exact) mass is 501 g/mol. The Morgan fingerprint density at radius 1 is 1.08 bits per heavy atom. The third-order valence-corrected chi connectivity index (χ3v) is 8.22. The number of rotatable bonds is 4. The first-order valence-corrected chi connectivity index (χ1v) is 13.3. The van der Waals surface area contributed by atoms with Gasteiger partial charge in [0.05, 0.1) is 41.6 Å². The van der Waals surface area contributed by atoms with Crippen LogP contribution in [0.4, 0.5) is 11.6 Å². The molecular weight excluding hydrogens is 478 g/mol. The molecule has 0 saturated carbocycles. The SMILES string of the molecule is O=C(NCc1cc2nc(N3CCc4cccnc43)ccc2cn1)c1ccc2c(c1)S(=O)(=O)CCOC2. The zero-order valence-electron chi connectivity index (χ0n) is 19.3. The molecule has 6 rings (SSSR count). The van der Waals surface area contributed by atoms with Gasteiger partial charge in [0.15, 0.2) is 9.84 Å². The average molecular weight is 502 g/mol. The second-order valence-corrected chi connectivity index (χ2v) is 10.9. The van der Waals surface area contributed by atoms with Crippen molar-refractivity contribution in [2.75, 3.05) is 23.8 Å². The van der Waals surface area contributed by atoms with Gasteiger partial charge in [0.2, 0.25) is 0 Å². The maximum Gasteiger partial charge on any atom is 0.251 e. The Hall–Kier alpha value is -3.89. The van der Waals surface area contributed by atoms with E-state index in [0.29, 0.717) is 11.3 Å². The van der Waals surface area contributed by atoms with Crippen molar-refractivity contribution in [3.05, 3.63) is 83.3 Å². The molecule has 0 radical (unpaired) electrons.